The summed E-state index contributed by atoms with van der Waals surface area (Å²) >= 11 is 7.24. The van der Waals surface area contributed by atoms with Gasteiger partial charge in [0, 0.05) is 35.6 Å². The van der Waals surface area contributed by atoms with Crippen molar-refractivity contribution in [1.29, 1.82) is 0 Å². The molecule has 45 heavy (non-hydrogen) atoms. The van der Waals surface area contributed by atoms with E-state index in [4.69, 9.17) is 21.3 Å². The summed E-state index contributed by atoms with van der Waals surface area (Å²) in [5.74, 6) is 1.78. The van der Waals surface area contributed by atoms with Crippen molar-refractivity contribution >= 4 is 40.6 Å². The molecule has 0 radical (unpaired) electrons. The number of anilines is 2. The number of aryl methyl sites for hydroxylation is 1. The van der Waals surface area contributed by atoms with Crippen LogP contribution in [0.4, 0.5) is 17.2 Å². The third kappa shape index (κ3) is 7.06. The van der Waals surface area contributed by atoms with Gasteiger partial charge < -0.3 is 15.2 Å². The molecule has 1 aliphatic heterocycles. The molecule has 2 aliphatic carbocycles. The zero-order chi connectivity index (χ0) is 31.2. The summed E-state index contributed by atoms with van der Waals surface area (Å²) in [4.78, 5) is 9.35. The van der Waals surface area contributed by atoms with Crippen LogP contribution in [-0.2, 0) is 11.2 Å². The topological polar surface area (TPSA) is 66.7 Å². The second-order valence-electron chi connectivity index (χ2n) is 11.8. The van der Waals surface area contributed by atoms with Gasteiger partial charge in [0.1, 0.15) is 5.69 Å². The minimum atomic E-state index is -0.228. The van der Waals surface area contributed by atoms with E-state index in [0.717, 1.165) is 107 Å². The zero-order valence-electron chi connectivity index (χ0n) is 26.0. The maximum absolute atomic E-state index is 9.93. The maximum Gasteiger partial charge on any atom is 0.156 e. The lowest BCUT2D eigenvalue weighted by atomic mass is 9.92. The molecule has 6 rings (SSSR count). The molecule has 0 amide bonds. The van der Waals surface area contributed by atoms with Crippen molar-refractivity contribution < 1.29 is 9.84 Å². The number of aliphatic imine (C=N–C) groups is 1. The number of hydrogen-bond acceptors (Lipinski definition) is 5. The van der Waals surface area contributed by atoms with Gasteiger partial charge in [0.25, 0.3) is 0 Å². The monoisotopic (exact) mass is 617 g/mol. The molecule has 230 valence electrons. The highest BCUT2D eigenvalue weighted by Crippen LogP contribution is 2.40. The van der Waals surface area contributed by atoms with Gasteiger partial charge in [-0.3, -0.25) is 4.99 Å². The van der Waals surface area contributed by atoms with Crippen LogP contribution in [0, 0.1) is 6.92 Å². The van der Waals surface area contributed by atoms with Crippen LogP contribution >= 0.6 is 11.6 Å². The number of methoxy groups -OCH3 is 1. The van der Waals surface area contributed by atoms with E-state index < -0.39 is 0 Å². The van der Waals surface area contributed by atoms with E-state index in [1.165, 1.54) is 16.7 Å². The maximum atomic E-state index is 9.93. The summed E-state index contributed by atoms with van der Waals surface area (Å²) < 4.78 is 5.81. The SMILES string of the molecule is COC1=C(CCC2=CCC(O)C2)/C=C\C(c2cccc(-c3cccc(Nc4nccc5c4N=C/C=C\CC5)c3C)c2Cl)=C/CC1. The van der Waals surface area contributed by atoms with Gasteiger partial charge in [-0.2, -0.15) is 0 Å². The van der Waals surface area contributed by atoms with Crippen molar-refractivity contribution in [2.24, 2.45) is 4.99 Å². The zero-order valence-corrected chi connectivity index (χ0v) is 26.8. The molecule has 3 aromatic rings. The summed E-state index contributed by atoms with van der Waals surface area (Å²) in [5.41, 5.74) is 10.9. The van der Waals surface area contributed by atoms with Gasteiger partial charge in [0.05, 0.1) is 24.0 Å². The van der Waals surface area contributed by atoms with Crippen molar-refractivity contribution in [2.45, 2.75) is 64.4 Å². The van der Waals surface area contributed by atoms with Crippen molar-refractivity contribution in [3.05, 3.63) is 124 Å². The Morgan fingerprint density at radius 1 is 0.978 bits per heavy atom. The van der Waals surface area contributed by atoms with Crippen LogP contribution in [0.25, 0.3) is 16.7 Å². The molecule has 0 spiro atoms. The Labute approximate surface area is 271 Å². The molecule has 1 atom stereocenters. The first kappa shape index (κ1) is 30.8. The van der Waals surface area contributed by atoms with Crippen LogP contribution in [0.15, 0.2) is 107 Å². The lowest BCUT2D eigenvalue weighted by Gasteiger charge is -2.18. The van der Waals surface area contributed by atoms with Crippen LogP contribution in [0.1, 0.15) is 61.6 Å². The molecule has 5 nitrogen and oxygen atoms in total. The van der Waals surface area contributed by atoms with Crippen LogP contribution in [-0.4, -0.2) is 29.5 Å². The first-order chi connectivity index (χ1) is 22.0. The molecule has 2 N–H and O–H groups in total. The van der Waals surface area contributed by atoms with Gasteiger partial charge in [-0.15, -0.1) is 0 Å². The van der Waals surface area contributed by atoms with E-state index in [1.807, 2.05) is 18.5 Å². The number of aliphatic hydroxyl groups excluding tert-OH is 1. The van der Waals surface area contributed by atoms with Crippen LogP contribution in [0.2, 0.25) is 5.02 Å². The number of halogens is 1. The predicted octanol–water partition coefficient (Wildman–Crippen LogP) is 10.2. The first-order valence-corrected chi connectivity index (χ1v) is 16.2. The standard InChI is InChI=1S/C39H40ClN3O2/c1-26-32(11-8-14-35(26)43-39-38-30(22-24-42-39)9-4-3-5-23-41-38)34-13-7-12-33(37(34)40)28-10-6-15-36(45-2)29(20-19-28)18-16-27-17-21-31(44)25-27/h3,5,7-8,10-14,17,19-20,22-24,31,44H,4,6,9,15-16,18,21,25H2,1-2H3,(H,42,43)/b5-3-,20-19-,28-10+,36-29?,41-23?. The molecule has 0 saturated carbocycles. The highest BCUT2D eigenvalue weighted by atomic mass is 35.5. The van der Waals surface area contributed by atoms with Gasteiger partial charge in [-0.25, -0.2) is 4.98 Å². The normalized spacial score (nSPS) is 20.6. The number of nitrogens with zero attached hydrogens (tertiary/aromatic N) is 2. The largest absolute Gasteiger partial charge is 0.501 e. The molecule has 0 bridgehead atoms. The molecule has 6 heteroatoms. The molecule has 3 aliphatic rings. The second kappa shape index (κ2) is 14.3. The summed E-state index contributed by atoms with van der Waals surface area (Å²) in [6, 6.07) is 14.6. The number of hydrogen-bond donors (Lipinski definition) is 2. The van der Waals surface area contributed by atoms with E-state index in [0.29, 0.717) is 0 Å². The summed E-state index contributed by atoms with van der Waals surface area (Å²) in [5, 5.41) is 14.2. The smallest absolute Gasteiger partial charge is 0.156 e. The fourth-order valence-corrected chi connectivity index (χ4v) is 6.73. The summed E-state index contributed by atoms with van der Waals surface area (Å²) in [7, 11) is 1.76. The second-order valence-corrected chi connectivity index (χ2v) is 12.2. The van der Waals surface area contributed by atoms with Gasteiger partial charge >= 0.3 is 0 Å². The van der Waals surface area contributed by atoms with Crippen LogP contribution in [0.3, 0.4) is 0 Å². The minimum absolute atomic E-state index is 0.228. The van der Waals surface area contributed by atoms with Crippen molar-refractivity contribution in [1.82, 2.24) is 4.98 Å². The number of fused-ring (bicyclic) bond motifs is 1. The van der Waals surface area contributed by atoms with Gasteiger partial charge in [0.15, 0.2) is 5.82 Å². The van der Waals surface area contributed by atoms with Crippen LogP contribution in [0.5, 0.6) is 0 Å². The van der Waals surface area contributed by atoms with Crippen molar-refractivity contribution in [3.8, 4) is 11.1 Å². The molecule has 2 aromatic carbocycles. The molecule has 0 fully saturated rings. The molecule has 1 unspecified atom stereocenters. The third-order valence-electron chi connectivity index (χ3n) is 8.90. The summed E-state index contributed by atoms with van der Waals surface area (Å²) in [6.07, 6.45) is 23.4. The fourth-order valence-electron chi connectivity index (χ4n) is 6.40. The molecule has 1 aromatic heterocycles. The van der Waals surface area contributed by atoms with Gasteiger partial charge in [-0.1, -0.05) is 77.9 Å². The van der Waals surface area contributed by atoms with Crippen molar-refractivity contribution in [3.63, 3.8) is 0 Å². The Hall–Kier alpha value is -4.19. The van der Waals surface area contributed by atoms with E-state index >= 15 is 0 Å². The highest BCUT2D eigenvalue weighted by Gasteiger charge is 2.18. The Kier molecular flexibility index (Phi) is 9.78. The van der Waals surface area contributed by atoms with E-state index in [9.17, 15) is 5.11 Å². The summed E-state index contributed by atoms with van der Waals surface area (Å²) in [6.45, 7) is 2.12. The number of ether oxygens (including phenoxy) is 1. The Morgan fingerprint density at radius 2 is 1.82 bits per heavy atom. The highest BCUT2D eigenvalue weighted by molar-refractivity contribution is 6.35. The number of aromatic nitrogens is 1. The quantitative estimate of drug-likeness (QED) is 0.247. The molecule has 2 heterocycles. The lowest BCUT2D eigenvalue weighted by molar-refractivity contribution is 0.187. The third-order valence-corrected chi connectivity index (χ3v) is 9.30. The van der Waals surface area contributed by atoms with Crippen molar-refractivity contribution in [2.75, 3.05) is 12.4 Å². The Bertz CT molecular complexity index is 1760. The Morgan fingerprint density at radius 3 is 2.67 bits per heavy atom. The van der Waals surface area contributed by atoms with Gasteiger partial charge in [0.2, 0.25) is 0 Å². The number of aliphatic hydroxyl groups is 1. The van der Waals surface area contributed by atoms with E-state index in [1.54, 1.807) is 7.11 Å². The molecule has 0 saturated heterocycles. The van der Waals surface area contributed by atoms with Gasteiger partial charge in [-0.05, 0) is 97.9 Å². The number of allylic oxidation sites excluding steroid dienone is 8. The van der Waals surface area contributed by atoms with E-state index in [2.05, 4.69) is 90.1 Å². The lowest BCUT2D eigenvalue weighted by Crippen LogP contribution is -2.01. The molecular weight excluding hydrogens is 578 g/mol. The molecular formula is C39H40ClN3O2. The Balaban J connectivity index is 1.28. The first-order valence-electron chi connectivity index (χ1n) is 15.8. The number of benzene rings is 2. The average Bonchev–Trinajstić information content (AvgIpc) is 3.44. The predicted molar refractivity (Wildman–Crippen MR) is 188 cm³/mol. The number of nitrogens with one attached hydrogen (secondary N) is 1. The average molecular weight is 618 g/mol. The fraction of sp³-hybridized carbons (Fsp3) is 0.282. The van der Waals surface area contributed by atoms with Crippen LogP contribution < -0.4 is 5.32 Å². The minimum Gasteiger partial charge on any atom is -0.501 e. The van der Waals surface area contributed by atoms with E-state index in [-0.39, 0.29) is 6.10 Å². The number of pyridine rings is 1. The number of rotatable bonds is 8.